The van der Waals surface area contributed by atoms with Crippen LogP contribution in [0.2, 0.25) is 0 Å². The Morgan fingerprint density at radius 2 is 2.00 bits per heavy atom. The molecule has 5 heteroatoms. The summed E-state index contributed by atoms with van der Waals surface area (Å²) in [5.41, 5.74) is 5.48. The Bertz CT molecular complexity index is 447. The van der Waals surface area contributed by atoms with E-state index >= 15 is 0 Å². The minimum Gasteiger partial charge on any atom is -0.320 e. The van der Waals surface area contributed by atoms with Crippen LogP contribution in [0.5, 0.6) is 0 Å². The van der Waals surface area contributed by atoms with E-state index in [1.54, 1.807) is 0 Å². The lowest BCUT2D eigenvalue weighted by atomic mass is 10.0. The van der Waals surface area contributed by atoms with Gasteiger partial charge in [-0.25, -0.2) is 8.78 Å². The third kappa shape index (κ3) is 3.50. The van der Waals surface area contributed by atoms with E-state index in [-0.39, 0.29) is 11.5 Å². The predicted molar refractivity (Wildman–Crippen MR) is 67.2 cm³/mol. The van der Waals surface area contributed by atoms with Crippen molar-refractivity contribution in [2.45, 2.75) is 33.2 Å². The molecule has 1 aromatic carbocycles. The fourth-order valence-corrected chi connectivity index (χ4v) is 1.60. The Hall–Kier alpha value is -1.49. The molecular formula is C13H18F2N2O. The van der Waals surface area contributed by atoms with E-state index in [0.29, 0.717) is 6.42 Å². The van der Waals surface area contributed by atoms with E-state index in [1.807, 2.05) is 13.8 Å². The zero-order chi connectivity index (χ0) is 13.9. The third-order valence-corrected chi connectivity index (χ3v) is 2.59. The van der Waals surface area contributed by atoms with Gasteiger partial charge in [0.15, 0.2) is 5.82 Å². The summed E-state index contributed by atoms with van der Waals surface area (Å²) >= 11 is 0. The Morgan fingerprint density at radius 3 is 2.56 bits per heavy atom. The van der Waals surface area contributed by atoms with Crippen molar-refractivity contribution in [3.8, 4) is 0 Å². The molecule has 0 saturated carbocycles. The number of hydrogen-bond acceptors (Lipinski definition) is 2. The van der Waals surface area contributed by atoms with Crippen molar-refractivity contribution >= 4 is 11.6 Å². The monoisotopic (exact) mass is 256 g/mol. The van der Waals surface area contributed by atoms with Gasteiger partial charge in [0.1, 0.15) is 11.5 Å². The number of anilines is 1. The summed E-state index contributed by atoms with van der Waals surface area (Å²) < 4.78 is 27.1. The van der Waals surface area contributed by atoms with Crippen LogP contribution >= 0.6 is 0 Å². The number of nitrogens with one attached hydrogen (secondary N) is 1. The summed E-state index contributed by atoms with van der Waals surface area (Å²) in [6.45, 7) is 5.33. The SMILES string of the molecule is Cc1ccc(F)c(NC(=O)[C@H](N)CC(C)C)c1F. The Balaban J connectivity index is 2.85. The first kappa shape index (κ1) is 14.6. The summed E-state index contributed by atoms with van der Waals surface area (Å²) in [6.07, 6.45) is 0.459. The lowest BCUT2D eigenvalue weighted by Crippen LogP contribution is -2.37. The van der Waals surface area contributed by atoms with Gasteiger partial charge in [-0.1, -0.05) is 19.9 Å². The van der Waals surface area contributed by atoms with Crippen LogP contribution in [0.15, 0.2) is 12.1 Å². The van der Waals surface area contributed by atoms with Crippen LogP contribution in [0.1, 0.15) is 25.8 Å². The number of benzene rings is 1. The highest BCUT2D eigenvalue weighted by Crippen LogP contribution is 2.22. The van der Waals surface area contributed by atoms with Crippen molar-refractivity contribution in [2.24, 2.45) is 11.7 Å². The zero-order valence-electron chi connectivity index (χ0n) is 10.8. The van der Waals surface area contributed by atoms with E-state index < -0.39 is 29.3 Å². The van der Waals surface area contributed by atoms with Crippen LogP contribution in [0.3, 0.4) is 0 Å². The highest BCUT2D eigenvalue weighted by atomic mass is 19.1. The van der Waals surface area contributed by atoms with Crippen molar-refractivity contribution < 1.29 is 13.6 Å². The molecule has 3 N–H and O–H groups in total. The quantitative estimate of drug-likeness (QED) is 0.870. The van der Waals surface area contributed by atoms with Crippen LogP contribution in [-0.4, -0.2) is 11.9 Å². The molecule has 3 nitrogen and oxygen atoms in total. The minimum atomic E-state index is -0.803. The van der Waals surface area contributed by atoms with Crippen LogP contribution in [0.25, 0.3) is 0 Å². The van der Waals surface area contributed by atoms with E-state index in [9.17, 15) is 13.6 Å². The molecule has 0 bridgehead atoms. The summed E-state index contributed by atoms with van der Waals surface area (Å²) in [7, 11) is 0. The second kappa shape index (κ2) is 5.91. The van der Waals surface area contributed by atoms with Crippen LogP contribution < -0.4 is 11.1 Å². The lowest BCUT2D eigenvalue weighted by Gasteiger charge is -2.15. The van der Waals surface area contributed by atoms with Crippen LogP contribution in [-0.2, 0) is 4.79 Å². The molecule has 0 spiro atoms. The van der Waals surface area contributed by atoms with Crippen molar-refractivity contribution in [2.75, 3.05) is 5.32 Å². The molecule has 100 valence electrons. The first-order chi connectivity index (χ1) is 8.32. The van der Waals surface area contributed by atoms with E-state index in [2.05, 4.69) is 5.32 Å². The van der Waals surface area contributed by atoms with Gasteiger partial charge < -0.3 is 11.1 Å². The Labute approximate surface area is 105 Å². The second-order valence-electron chi connectivity index (χ2n) is 4.78. The average molecular weight is 256 g/mol. The Kier molecular flexibility index (Phi) is 4.78. The van der Waals surface area contributed by atoms with Gasteiger partial charge in [-0.3, -0.25) is 4.79 Å². The number of rotatable bonds is 4. The molecular weight excluding hydrogens is 238 g/mol. The summed E-state index contributed by atoms with van der Waals surface area (Å²) in [4.78, 5) is 11.7. The van der Waals surface area contributed by atoms with Gasteiger partial charge in [0.2, 0.25) is 5.91 Å². The molecule has 0 aromatic heterocycles. The zero-order valence-corrected chi connectivity index (χ0v) is 10.8. The van der Waals surface area contributed by atoms with Gasteiger partial charge in [0, 0.05) is 0 Å². The molecule has 1 amide bonds. The smallest absolute Gasteiger partial charge is 0.241 e. The number of carbonyl (C=O) groups excluding carboxylic acids is 1. The fourth-order valence-electron chi connectivity index (χ4n) is 1.60. The molecule has 0 radical (unpaired) electrons. The number of amides is 1. The first-order valence-electron chi connectivity index (χ1n) is 5.84. The van der Waals surface area contributed by atoms with Crippen LogP contribution in [0, 0.1) is 24.5 Å². The summed E-state index contributed by atoms with van der Waals surface area (Å²) in [6, 6.07) is 1.65. The molecule has 18 heavy (non-hydrogen) atoms. The number of carbonyl (C=O) groups is 1. The Morgan fingerprint density at radius 1 is 1.39 bits per heavy atom. The second-order valence-corrected chi connectivity index (χ2v) is 4.78. The third-order valence-electron chi connectivity index (χ3n) is 2.59. The standard InChI is InChI=1S/C13H18F2N2O/c1-7(2)6-10(16)13(18)17-12-9(14)5-4-8(3)11(12)15/h4-5,7,10H,6,16H2,1-3H3,(H,17,18)/t10-/m1/s1. The average Bonchev–Trinajstić information content (AvgIpc) is 2.28. The normalized spacial score (nSPS) is 12.6. The number of aryl methyl sites for hydroxylation is 1. The molecule has 1 atom stereocenters. The van der Waals surface area contributed by atoms with Crippen molar-refractivity contribution in [3.63, 3.8) is 0 Å². The predicted octanol–water partition coefficient (Wildman–Crippen LogP) is 2.59. The number of nitrogens with two attached hydrogens (primary N) is 1. The minimum absolute atomic E-state index is 0.234. The first-order valence-corrected chi connectivity index (χ1v) is 5.84. The van der Waals surface area contributed by atoms with Gasteiger partial charge in [-0.15, -0.1) is 0 Å². The maximum atomic E-state index is 13.7. The van der Waals surface area contributed by atoms with Crippen molar-refractivity contribution in [1.29, 1.82) is 0 Å². The van der Waals surface area contributed by atoms with Gasteiger partial charge in [0.05, 0.1) is 6.04 Å². The molecule has 0 saturated heterocycles. The lowest BCUT2D eigenvalue weighted by molar-refractivity contribution is -0.117. The van der Waals surface area contributed by atoms with Crippen molar-refractivity contribution in [1.82, 2.24) is 0 Å². The largest absolute Gasteiger partial charge is 0.320 e. The van der Waals surface area contributed by atoms with Gasteiger partial charge in [-0.2, -0.15) is 0 Å². The number of halogens is 2. The number of hydrogen-bond donors (Lipinski definition) is 2. The van der Waals surface area contributed by atoms with Crippen LogP contribution in [0.4, 0.5) is 14.5 Å². The molecule has 0 aliphatic rings. The van der Waals surface area contributed by atoms with Gasteiger partial charge in [0.25, 0.3) is 0 Å². The molecule has 0 aliphatic heterocycles. The fraction of sp³-hybridized carbons (Fsp3) is 0.462. The highest BCUT2D eigenvalue weighted by Gasteiger charge is 2.19. The molecule has 0 unspecified atom stereocenters. The topological polar surface area (TPSA) is 55.1 Å². The molecule has 0 heterocycles. The molecule has 0 aliphatic carbocycles. The molecule has 0 fully saturated rings. The van der Waals surface area contributed by atoms with E-state index in [1.165, 1.54) is 13.0 Å². The van der Waals surface area contributed by atoms with Crippen molar-refractivity contribution in [3.05, 3.63) is 29.3 Å². The van der Waals surface area contributed by atoms with Gasteiger partial charge >= 0.3 is 0 Å². The maximum Gasteiger partial charge on any atom is 0.241 e. The highest BCUT2D eigenvalue weighted by molar-refractivity contribution is 5.95. The summed E-state index contributed by atoms with van der Waals surface area (Å²) in [5.74, 6) is -1.91. The van der Waals surface area contributed by atoms with E-state index in [4.69, 9.17) is 5.73 Å². The molecule has 1 aromatic rings. The molecule has 1 rings (SSSR count). The van der Waals surface area contributed by atoms with Gasteiger partial charge in [-0.05, 0) is 30.9 Å². The maximum absolute atomic E-state index is 13.7. The summed E-state index contributed by atoms with van der Waals surface area (Å²) in [5, 5.41) is 2.21. The van der Waals surface area contributed by atoms with E-state index in [0.717, 1.165) is 6.07 Å².